The first-order valence-corrected chi connectivity index (χ1v) is 6.88. The number of rotatable bonds is 3. The molecule has 0 saturated heterocycles. The van der Waals surface area contributed by atoms with Crippen LogP contribution in [0, 0.1) is 11.6 Å². The minimum atomic E-state index is -0.520. The number of halogens is 2. The molecule has 1 aromatic carbocycles. The molecule has 0 aromatic heterocycles. The summed E-state index contributed by atoms with van der Waals surface area (Å²) in [5.41, 5.74) is 1.07. The van der Waals surface area contributed by atoms with Crippen LogP contribution in [-0.2, 0) is 0 Å². The SMILES string of the molecule is OCCCN1CCC=C2c3c(F)ccc(F)c3OCC21. The standard InChI is InChI=1S/C15H17F2NO2/c16-11-4-5-12(17)15-14(11)10-3-1-6-18(7-2-8-19)13(10)9-20-15/h3-5,13,19H,1-2,6-9H2. The van der Waals surface area contributed by atoms with Crippen LogP contribution >= 0.6 is 0 Å². The normalized spacial score (nSPS) is 21.8. The van der Waals surface area contributed by atoms with Crippen molar-refractivity contribution in [3.63, 3.8) is 0 Å². The fourth-order valence-corrected chi connectivity index (χ4v) is 2.99. The highest BCUT2D eigenvalue weighted by Gasteiger charge is 2.35. The summed E-state index contributed by atoms with van der Waals surface area (Å²) in [6.45, 7) is 2.03. The molecule has 0 amide bonds. The molecule has 5 heteroatoms. The first-order valence-electron chi connectivity index (χ1n) is 6.88. The smallest absolute Gasteiger partial charge is 0.165 e. The zero-order valence-electron chi connectivity index (χ0n) is 11.1. The largest absolute Gasteiger partial charge is 0.488 e. The van der Waals surface area contributed by atoms with Crippen LogP contribution < -0.4 is 4.74 Å². The summed E-state index contributed by atoms with van der Waals surface area (Å²) in [4.78, 5) is 2.17. The van der Waals surface area contributed by atoms with Gasteiger partial charge in [0.2, 0.25) is 0 Å². The molecule has 1 unspecified atom stereocenters. The van der Waals surface area contributed by atoms with E-state index < -0.39 is 11.6 Å². The number of hydrogen-bond donors (Lipinski definition) is 1. The molecular formula is C15H17F2NO2. The summed E-state index contributed by atoms with van der Waals surface area (Å²) >= 11 is 0. The molecule has 0 saturated carbocycles. The van der Waals surface area contributed by atoms with E-state index in [2.05, 4.69) is 4.90 Å². The lowest BCUT2D eigenvalue weighted by molar-refractivity contribution is 0.141. The highest BCUT2D eigenvalue weighted by molar-refractivity contribution is 5.76. The van der Waals surface area contributed by atoms with E-state index in [0.717, 1.165) is 37.2 Å². The average Bonchev–Trinajstić information content (AvgIpc) is 2.48. The van der Waals surface area contributed by atoms with E-state index in [1.54, 1.807) is 0 Å². The van der Waals surface area contributed by atoms with E-state index in [-0.39, 0.29) is 24.0 Å². The summed E-state index contributed by atoms with van der Waals surface area (Å²) in [7, 11) is 0. The van der Waals surface area contributed by atoms with Gasteiger partial charge in [0.1, 0.15) is 12.4 Å². The number of nitrogens with zero attached hydrogens (tertiary/aromatic N) is 1. The summed E-state index contributed by atoms with van der Waals surface area (Å²) in [5.74, 6) is -0.939. The lowest BCUT2D eigenvalue weighted by Crippen LogP contribution is -2.45. The Morgan fingerprint density at radius 3 is 2.90 bits per heavy atom. The molecule has 0 radical (unpaired) electrons. The highest BCUT2D eigenvalue weighted by Crippen LogP contribution is 2.40. The Bertz CT molecular complexity index is 545. The topological polar surface area (TPSA) is 32.7 Å². The fourth-order valence-electron chi connectivity index (χ4n) is 2.99. The Kier molecular flexibility index (Phi) is 3.72. The van der Waals surface area contributed by atoms with Crippen LogP contribution in [0.5, 0.6) is 5.75 Å². The van der Waals surface area contributed by atoms with Gasteiger partial charge in [-0.25, -0.2) is 8.78 Å². The average molecular weight is 281 g/mol. The van der Waals surface area contributed by atoms with Gasteiger partial charge in [0, 0.05) is 19.7 Å². The summed E-state index contributed by atoms with van der Waals surface area (Å²) in [6, 6.07) is 2.19. The van der Waals surface area contributed by atoms with Crippen LogP contribution in [0.3, 0.4) is 0 Å². The Morgan fingerprint density at radius 2 is 2.10 bits per heavy atom. The number of ether oxygens (including phenoxy) is 1. The monoisotopic (exact) mass is 281 g/mol. The van der Waals surface area contributed by atoms with E-state index in [4.69, 9.17) is 9.84 Å². The van der Waals surface area contributed by atoms with E-state index in [0.29, 0.717) is 13.0 Å². The van der Waals surface area contributed by atoms with E-state index >= 15 is 0 Å². The number of hydrogen-bond acceptors (Lipinski definition) is 3. The Balaban J connectivity index is 1.97. The van der Waals surface area contributed by atoms with Crippen molar-refractivity contribution in [3.8, 4) is 5.75 Å². The molecule has 2 aliphatic rings. The Labute approximate surface area is 116 Å². The van der Waals surface area contributed by atoms with Crippen molar-refractivity contribution < 1.29 is 18.6 Å². The number of aliphatic hydroxyl groups is 1. The van der Waals surface area contributed by atoms with Crippen molar-refractivity contribution in [2.45, 2.75) is 18.9 Å². The quantitative estimate of drug-likeness (QED) is 0.922. The Hall–Kier alpha value is -1.46. The number of fused-ring (bicyclic) bond motifs is 3. The van der Waals surface area contributed by atoms with Crippen LogP contribution in [0.25, 0.3) is 5.57 Å². The predicted octanol–water partition coefficient (Wildman–Crippen LogP) is 2.20. The highest BCUT2D eigenvalue weighted by atomic mass is 19.1. The number of benzene rings is 1. The van der Waals surface area contributed by atoms with Gasteiger partial charge in [0.25, 0.3) is 0 Å². The maximum atomic E-state index is 14.1. The van der Waals surface area contributed by atoms with E-state index in [1.807, 2.05) is 6.08 Å². The zero-order valence-corrected chi connectivity index (χ0v) is 11.1. The van der Waals surface area contributed by atoms with Crippen molar-refractivity contribution in [3.05, 3.63) is 35.4 Å². The first kappa shape index (κ1) is 13.5. The van der Waals surface area contributed by atoms with Gasteiger partial charge in [-0.05, 0) is 30.5 Å². The van der Waals surface area contributed by atoms with Crippen LogP contribution in [0.1, 0.15) is 18.4 Å². The molecule has 2 aliphatic heterocycles. The van der Waals surface area contributed by atoms with Crippen LogP contribution in [0.2, 0.25) is 0 Å². The van der Waals surface area contributed by atoms with Crippen molar-refractivity contribution in [2.24, 2.45) is 0 Å². The molecule has 0 spiro atoms. The second kappa shape index (κ2) is 5.50. The third kappa shape index (κ3) is 2.21. The molecule has 0 aliphatic carbocycles. The molecule has 2 heterocycles. The minimum Gasteiger partial charge on any atom is -0.488 e. The van der Waals surface area contributed by atoms with Crippen molar-refractivity contribution in [2.75, 3.05) is 26.3 Å². The molecule has 20 heavy (non-hydrogen) atoms. The van der Waals surface area contributed by atoms with Crippen LogP contribution in [0.15, 0.2) is 18.2 Å². The van der Waals surface area contributed by atoms with Gasteiger partial charge in [0.05, 0.1) is 11.6 Å². The maximum absolute atomic E-state index is 14.1. The van der Waals surface area contributed by atoms with Gasteiger partial charge in [-0.15, -0.1) is 0 Å². The van der Waals surface area contributed by atoms with Gasteiger partial charge >= 0.3 is 0 Å². The lowest BCUT2D eigenvalue weighted by Gasteiger charge is -2.39. The van der Waals surface area contributed by atoms with Crippen molar-refractivity contribution in [1.29, 1.82) is 0 Å². The molecular weight excluding hydrogens is 264 g/mol. The third-order valence-electron chi connectivity index (χ3n) is 3.92. The lowest BCUT2D eigenvalue weighted by atomic mass is 9.90. The van der Waals surface area contributed by atoms with Gasteiger partial charge in [-0.1, -0.05) is 6.08 Å². The van der Waals surface area contributed by atoms with Crippen LogP contribution in [0.4, 0.5) is 8.78 Å². The maximum Gasteiger partial charge on any atom is 0.165 e. The fraction of sp³-hybridized carbons (Fsp3) is 0.467. The third-order valence-corrected chi connectivity index (χ3v) is 3.92. The van der Waals surface area contributed by atoms with E-state index in [9.17, 15) is 8.78 Å². The molecule has 3 rings (SSSR count). The zero-order chi connectivity index (χ0) is 14.1. The molecule has 3 nitrogen and oxygen atoms in total. The molecule has 1 aromatic rings. The predicted molar refractivity (Wildman–Crippen MR) is 71.5 cm³/mol. The van der Waals surface area contributed by atoms with Gasteiger partial charge in [-0.3, -0.25) is 4.90 Å². The first-order chi connectivity index (χ1) is 9.72. The number of aliphatic hydroxyl groups excluding tert-OH is 1. The Morgan fingerprint density at radius 1 is 1.30 bits per heavy atom. The molecule has 108 valence electrons. The van der Waals surface area contributed by atoms with Gasteiger partial charge < -0.3 is 9.84 Å². The summed E-state index contributed by atoms with van der Waals surface area (Å²) < 4.78 is 33.3. The summed E-state index contributed by atoms with van der Waals surface area (Å²) in [5, 5.41) is 8.95. The molecule has 1 atom stereocenters. The van der Waals surface area contributed by atoms with Gasteiger partial charge in [-0.2, -0.15) is 0 Å². The van der Waals surface area contributed by atoms with Crippen LogP contribution in [-0.4, -0.2) is 42.4 Å². The van der Waals surface area contributed by atoms with Crippen molar-refractivity contribution >= 4 is 5.57 Å². The molecule has 0 fully saturated rings. The minimum absolute atomic E-state index is 0.0245. The second-order valence-corrected chi connectivity index (χ2v) is 5.12. The summed E-state index contributed by atoms with van der Waals surface area (Å²) in [6.07, 6.45) is 3.44. The molecule has 0 bridgehead atoms. The van der Waals surface area contributed by atoms with E-state index in [1.165, 1.54) is 0 Å². The molecule has 1 N–H and O–H groups in total. The van der Waals surface area contributed by atoms with Crippen molar-refractivity contribution in [1.82, 2.24) is 4.90 Å². The van der Waals surface area contributed by atoms with Gasteiger partial charge in [0.15, 0.2) is 11.6 Å². The second-order valence-electron chi connectivity index (χ2n) is 5.12.